The van der Waals surface area contributed by atoms with Crippen LogP contribution in [0.1, 0.15) is 10.4 Å². The summed E-state index contributed by atoms with van der Waals surface area (Å²) in [6, 6.07) is 9.32. The number of hydrogen-bond donors (Lipinski definition) is 1. The summed E-state index contributed by atoms with van der Waals surface area (Å²) in [4.78, 5) is 13.8. The second-order valence-corrected chi connectivity index (χ2v) is 3.15. The Hall–Kier alpha value is -2.03. The lowest BCUT2D eigenvalue weighted by Crippen LogP contribution is -1.85. The van der Waals surface area contributed by atoms with E-state index in [1.165, 1.54) is 0 Å². The van der Waals surface area contributed by atoms with E-state index in [2.05, 4.69) is 4.98 Å². The molecule has 0 atom stereocenters. The zero-order valence-corrected chi connectivity index (χ0v) is 8.36. The maximum atomic E-state index is 10.7. The van der Waals surface area contributed by atoms with Crippen molar-refractivity contribution in [1.29, 1.82) is 0 Å². The van der Waals surface area contributed by atoms with E-state index in [9.17, 15) is 4.79 Å². The van der Waals surface area contributed by atoms with Crippen LogP contribution >= 0.6 is 0 Å². The molecule has 0 radical (unpaired) electrons. The summed E-state index contributed by atoms with van der Waals surface area (Å²) in [6.07, 6.45) is 2.60. The number of aldehydes is 1. The molecule has 1 aromatic carbocycles. The van der Waals surface area contributed by atoms with Crippen molar-refractivity contribution in [2.45, 2.75) is 0 Å². The van der Waals surface area contributed by atoms with Crippen molar-refractivity contribution in [3.05, 3.63) is 42.1 Å². The highest BCUT2D eigenvalue weighted by Gasteiger charge is 2.04. The van der Waals surface area contributed by atoms with Gasteiger partial charge in [0, 0.05) is 11.8 Å². The van der Waals surface area contributed by atoms with Crippen molar-refractivity contribution < 1.29 is 9.53 Å². The quantitative estimate of drug-likeness (QED) is 0.775. The van der Waals surface area contributed by atoms with Gasteiger partial charge in [-0.1, -0.05) is 0 Å². The normalized spacial score (nSPS) is 9.93. The third kappa shape index (κ3) is 1.76. The van der Waals surface area contributed by atoms with Crippen molar-refractivity contribution in [3.8, 4) is 17.0 Å². The number of nitrogens with one attached hydrogen (secondary N) is 1. The molecule has 0 bridgehead atoms. The molecule has 3 heteroatoms. The highest BCUT2D eigenvalue weighted by Crippen LogP contribution is 2.23. The van der Waals surface area contributed by atoms with Gasteiger partial charge in [-0.05, 0) is 35.9 Å². The largest absolute Gasteiger partial charge is 0.497 e. The van der Waals surface area contributed by atoms with Crippen LogP contribution in [0.4, 0.5) is 0 Å². The topological polar surface area (TPSA) is 42.1 Å². The molecule has 0 amide bonds. The van der Waals surface area contributed by atoms with Crippen molar-refractivity contribution in [3.63, 3.8) is 0 Å². The van der Waals surface area contributed by atoms with E-state index in [4.69, 9.17) is 4.74 Å². The molecule has 0 aliphatic carbocycles. The fraction of sp³-hybridized carbons (Fsp3) is 0.0833. The van der Waals surface area contributed by atoms with E-state index in [0.29, 0.717) is 5.56 Å². The minimum atomic E-state index is 0.667. The molecule has 1 aromatic heterocycles. The van der Waals surface area contributed by atoms with Gasteiger partial charge in [0.05, 0.1) is 12.8 Å². The Labute approximate surface area is 87.7 Å². The number of aromatic amines is 1. The van der Waals surface area contributed by atoms with Crippen molar-refractivity contribution in [2.24, 2.45) is 0 Å². The van der Waals surface area contributed by atoms with Crippen LogP contribution in [0.25, 0.3) is 11.3 Å². The summed E-state index contributed by atoms with van der Waals surface area (Å²) < 4.78 is 5.06. The van der Waals surface area contributed by atoms with Gasteiger partial charge in [0.25, 0.3) is 0 Å². The Morgan fingerprint density at radius 1 is 1.20 bits per heavy atom. The molecule has 2 rings (SSSR count). The second-order valence-electron chi connectivity index (χ2n) is 3.15. The molecule has 0 saturated heterocycles. The molecular formula is C12H11NO2. The van der Waals surface area contributed by atoms with Crippen LogP contribution in [-0.2, 0) is 0 Å². The van der Waals surface area contributed by atoms with Gasteiger partial charge >= 0.3 is 0 Å². The Kier molecular flexibility index (Phi) is 2.54. The molecule has 0 fully saturated rings. The molecule has 1 N–H and O–H groups in total. The van der Waals surface area contributed by atoms with Crippen LogP contribution in [0.15, 0.2) is 36.5 Å². The first-order chi connectivity index (χ1) is 7.35. The number of hydrogen-bond acceptors (Lipinski definition) is 2. The summed E-state index contributed by atoms with van der Waals surface area (Å²) >= 11 is 0. The fourth-order valence-corrected chi connectivity index (χ4v) is 1.49. The first kappa shape index (κ1) is 9.52. The van der Waals surface area contributed by atoms with Crippen LogP contribution in [-0.4, -0.2) is 18.4 Å². The lowest BCUT2D eigenvalue weighted by Gasteiger charge is -2.02. The lowest BCUT2D eigenvalue weighted by atomic mass is 10.1. The summed E-state index contributed by atoms with van der Waals surface area (Å²) in [6.45, 7) is 0. The van der Waals surface area contributed by atoms with E-state index >= 15 is 0 Å². The van der Waals surface area contributed by atoms with Crippen LogP contribution in [0, 0.1) is 0 Å². The lowest BCUT2D eigenvalue weighted by molar-refractivity contribution is 0.112. The SMILES string of the molecule is COc1ccc(-c2[nH]ccc2C=O)cc1. The summed E-state index contributed by atoms with van der Waals surface area (Å²) in [5, 5.41) is 0. The average molecular weight is 201 g/mol. The van der Waals surface area contributed by atoms with Crippen LogP contribution in [0.3, 0.4) is 0 Å². The van der Waals surface area contributed by atoms with Crippen molar-refractivity contribution in [2.75, 3.05) is 7.11 Å². The van der Waals surface area contributed by atoms with Gasteiger partial charge in [0.1, 0.15) is 5.75 Å². The zero-order chi connectivity index (χ0) is 10.7. The van der Waals surface area contributed by atoms with E-state index < -0.39 is 0 Å². The number of H-pyrrole nitrogens is 1. The molecule has 1 heterocycles. The van der Waals surface area contributed by atoms with E-state index in [0.717, 1.165) is 23.3 Å². The average Bonchev–Trinajstić information content (AvgIpc) is 2.77. The minimum Gasteiger partial charge on any atom is -0.497 e. The Balaban J connectivity index is 2.41. The maximum Gasteiger partial charge on any atom is 0.152 e. The standard InChI is InChI=1S/C12H11NO2/c1-15-11-4-2-9(3-5-11)12-10(8-14)6-7-13-12/h2-8,13H,1H3. The second kappa shape index (κ2) is 4.00. The van der Waals surface area contributed by atoms with Crippen LogP contribution in [0.5, 0.6) is 5.75 Å². The summed E-state index contributed by atoms with van der Waals surface area (Å²) in [5.74, 6) is 0.804. The molecule has 2 aromatic rings. The predicted molar refractivity (Wildman–Crippen MR) is 58.2 cm³/mol. The number of methoxy groups -OCH3 is 1. The van der Waals surface area contributed by atoms with Gasteiger partial charge in [-0.2, -0.15) is 0 Å². The van der Waals surface area contributed by atoms with E-state index in [1.807, 2.05) is 24.3 Å². The van der Waals surface area contributed by atoms with Gasteiger partial charge < -0.3 is 9.72 Å². The first-order valence-corrected chi connectivity index (χ1v) is 4.62. The van der Waals surface area contributed by atoms with Gasteiger partial charge in [0.15, 0.2) is 6.29 Å². The Morgan fingerprint density at radius 3 is 2.53 bits per heavy atom. The predicted octanol–water partition coefficient (Wildman–Crippen LogP) is 2.50. The smallest absolute Gasteiger partial charge is 0.152 e. The molecule has 0 saturated carbocycles. The number of carbonyl (C=O) groups is 1. The van der Waals surface area contributed by atoms with Gasteiger partial charge in [-0.25, -0.2) is 0 Å². The molecule has 0 aliphatic rings. The van der Waals surface area contributed by atoms with E-state index in [1.54, 1.807) is 19.4 Å². The number of carbonyl (C=O) groups excluding carboxylic acids is 1. The highest BCUT2D eigenvalue weighted by atomic mass is 16.5. The van der Waals surface area contributed by atoms with Crippen LogP contribution < -0.4 is 4.74 Å². The first-order valence-electron chi connectivity index (χ1n) is 4.62. The fourth-order valence-electron chi connectivity index (χ4n) is 1.49. The maximum absolute atomic E-state index is 10.7. The highest BCUT2D eigenvalue weighted by molar-refractivity contribution is 5.85. The summed E-state index contributed by atoms with van der Waals surface area (Å²) in [5.41, 5.74) is 2.48. The van der Waals surface area contributed by atoms with Crippen LogP contribution in [0.2, 0.25) is 0 Å². The number of aromatic nitrogens is 1. The number of benzene rings is 1. The Bertz CT molecular complexity index is 457. The van der Waals surface area contributed by atoms with E-state index in [-0.39, 0.29) is 0 Å². The summed E-state index contributed by atoms with van der Waals surface area (Å²) in [7, 11) is 1.63. The van der Waals surface area contributed by atoms with Gasteiger partial charge in [-0.15, -0.1) is 0 Å². The van der Waals surface area contributed by atoms with Crippen molar-refractivity contribution in [1.82, 2.24) is 4.98 Å². The minimum absolute atomic E-state index is 0.667. The molecule has 76 valence electrons. The third-order valence-electron chi connectivity index (χ3n) is 2.28. The third-order valence-corrected chi connectivity index (χ3v) is 2.28. The monoisotopic (exact) mass is 201 g/mol. The zero-order valence-electron chi connectivity index (χ0n) is 8.36. The molecule has 15 heavy (non-hydrogen) atoms. The number of rotatable bonds is 3. The van der Waals surface area contributed by atoms with Gasteiger partial charge in [-0.3, -0.25) is 4.79 Å². The molecule has 0 aliphatic heterocycles. The Morgan fingerprint density at radius 2 is 1.93 bits per heavy atom. The van der Waals surface area contributed by atoms with Crippen molar-refractivity contribution >= 4 is 6.29 Å². The molecule has 0 unspecified atom stereocenters. The number of ether oxygens (including phenoxy) is 1. The molecular weight excluding hydrogens is 190 g/mol. The molecule has 0 spiro atoms. The molecule has 3 nitrogen and oxygen atoms in total. The van der Waals surface area contributed by atoms with Gasteiger partial charge in [0.2, 0.25) is 0 Å².